The summed E-state index contributed by atoms with van der Waals surface area (Å²) in [6, 6.07) is 0. The average molecular weight is 274 g/mol. The molecule has 0 saturated carbocycles. The Balaban J connectivity index is 2.41. The molecule has 1 aromatic heterocycles. The fourth-order valence-corrected chi connectivity index (χ4v) is 1.88. The first-order valence-corrected chi connectivity index (χ1v) is 6.32. The van der Waals surface area contributed by atoms with Gasteiger partial charge in [0.25, 0.3) is 0 Å². The normalized spacial score (nSPS) is 11.3. The number of carbonyl (C=O) groups excluding carboxylic acids is 1. The maximum atomic E-state index is 11.5. The molecule has 0 saturated heterocycles. The van der Waals surface area contributed by atoms with Crippen molar-refractivity contribution in [3.8, 4) is 0 Å². The number of rotatable bonds is 5. The first-order valence-electron chi connectivity index (χ1n) is 5.51. The van der Waals surface area contributed by atoms with Gasteiger partial charge < -0.3 is 4.74 Å². The second kappa shape index (κ2) is 6.67. The van der Waals surface area contributed by atoms with Crippen molar-refractivity contribution >= 4 is 22.6 Å². The van der Waals surface area contributed by atoms with E-state index in [2.05, 4.69) is 15.2 Å². The van der Waals surface area contributed by atoms with Gasteiger partial charge in [0.05, 0.1) is 13.7 Å². The molecule has 6 nitrogen and oxygen atoms in total. The summed E-state index contributed by atoms with van der Waals surface area (Å²) in [5.41, 5.74) is -0.517. The molecule has 0 radical (unpaired) electrons. The number of nitrogens with zero attached hydrogens (tertiary/aromatic N) is 1. The number of carbonyl (C=O) groups is 1. The summed E-state index contributed by atoms with van der Waals surface area (Å²) >= 11 is 1.38. The van der Waals surface area contributed by atoms with E-state index in [1.807, 2.05) is 20.8 Å². The smallest absolute Gasteiger partial charge is 0.413 e. The minimum Gasteiger partial charge on any atom is -0.444 e. The van der Waals surface area contributed by atoms with E-state index in [4.69, 9.17) is 9.62 Å². The van der Waals surface area contributed by atoms with Gasteiger partial charge in [0.2, 0.25) is 0 Å². The van der Waals surface area contributed by atoms with E-state index in [0.29, 0.717) is 18.2 Å². The van der Waals surface area contributed by atoms with Crippen LogP contribution in [-0.4, -0.2) is 30.4 Å². The van der Waals surface area contributed by atoms with Crippen LogP contribution in [0.25, 0.3) is 0 Å². The third-order valence-electron chi connectivity index (χ3n) is 1.71. The molecule has 18 heavy (non-hydrogen) atoms. The van der Waals surface area contributed by atoms with Crippen LogP contribution in [0.15, 0.2) is 6.20 Å². The third-order valence-corrected chi connectivity index (χ3v) is 2.68. The number of hydrogen-bond acceptors (Lipinski definition) is 6. The molecule has 0 aliphatic heterocycles. The van der Waals surface area contributed by atoms with Gasteiger partial charge in [-0.15, -0.1) is 11.3 Å². The Morgan fingerprint density at radius 1 is 1.50 bits per heavy atom. The van der Waals surface area contributed by atoms with E-state index in [1.54, 1.807) is 6.20 Å². The first-order chi connectivity index (χ1) is 8.40. The topological polar surface area (TPSA) is 69.7 Å². The van der Waals surface area contributed by atoms with E-state index in [1.165, 1.54) is 18.4 Å². The summed E-state index contributed by atoms with van der Waals surface area (Å²) in [4.78, 5) is 25.8. The number of nitrogens with one attached hydrogen (secondary N) is 1. The second-order valence-electron chi connectivity index (χ2n) is 4.50. The summed E-state index contributed by atoms with van der Waals surface area (Å²) in [5.74, 6) is 0. The molecule has 1 amide bonds. The number of thiazole rings is 1. The third kappa shape index (κ3) is 5.95. The predicted molar refractivity (Wildman–Crippen MR) is 68.6 cm³/mol. The van der Waals surface area contributed by atoms with Crippen molar-refractivity contribution in [2.24, 2.45) is 0 Å². The molecule has 0 aliphatic carbocycles. The maximum absolute atomic E-state index is 11.5. The van der Waals surface area contributed by atoms with Gasteiger partial charge in [-0.3, -0.25) is 5.32 Å². The molecule has 0 aliphatic rings. The van der Waals surface area contributed by atoms with E-state index in [9.17, 15) is 4.79 Å². The van der Waals surface area contributed by atoms with Gasteiger partial charge in [-0.1, -0.05) is 0 Å². The molecule has 0 fully saturated rings. The Hall–Kier alpha value is -1.18. The highest BCUT2D eigenvalue weighted by molar-refractivity contribution is 7.15. The Kier molecular flexibility index (Phi) is 5.52. The largest absolute Gasteiger partial charge is 0.444 e. The SMILES string of the molecule is COOCCc1cnc(NC(=O)OC(C)(C)C)s1. The van der Waals surface area contributed by atoms with Crippen molar-refractivity contribution < 1.29 is 19.3 Å². The summed E-state index contributed by atoms with van der Waals surface area (Å²) in [6.45, 7) is 5.87. The lowest BCUT2D eigenvalue weighted by molar-refractivity contribution is -0.271. The monoisotopic (exact) mass is 274 g/mol. The van der Waals surface area contributed by atoms with Crippen molar-refractivity contribution in [1.82, 2.24) is 4.98 Å². The standard InChI is InChI=1S/C11H18N2O4S/c1-11(2,3)17-10(14)13-9-12-7-8(18-9)5-6-16-15-4/h7H,5-6H2,1-4H3,(H,12,13,14). The van der Waals surface area contributed by atoms with Gasteiger partial charge in [0.1, 0.15) is 5.60 Å². The molecule has 0 unspecified atom stereocenters. The molecule has 7 heteroatoms. The zero-order valence-electron chi connectivity index (χ0n) is 11.0. The maximum Gasteiger partial charge on any atom is 0.413 e. The molecule has 1 aromatic rings. The number of hydrogen-bond donors (Lipinski definition) is 1. The Labute approximate surface area is 110 Å². The minimum atomic E-state index is -0.517. The van der Waals surface area contributed by atoms with Gasteiger partial charge >= 0.3 is 6.09 Å². The molecule has 0 aromatic carbocycles. The first kappa shape index (κ1) is 14.9. The highest BCUT2D eigenvalue weighted by Crippen LogP contribution is 2.19. The zero-order chi connectivity index (χ0) is 13.6. The highest BCUT2D eigenvalue weighted by Gasteiger charge is 2.17. The van der Waals surface area contributed by atoms with E-state index in [0.717, 1.165) is 4.88 Å². The van der Waals surface area contributed by atoms with E-state index >= 15 is 0 Å². The molecule has 1 rings (SSSR count). The van der Waals surface area contributed by atoms with E-state index in [-0.39, 0.29) is 0 Å². The molecular weight excluding hydrogens is 256 g/mol. The quantitative estimate of drug-likeness (QED) is 0.508. The van der Waals surface area contributed by atoms with Gasteiger partial charge in [-0.05, 0) is 20.8 Å². The van der Waals surface area contributed by atoms with Crippen LogP contribution in [0.5, 0.6) is 0 Å². The van der Waals surface area contributed by atoms with Crippen molar-refractivity contribution in [2.45, 2.75) is 32.8 Å². The molecule has 0 atom stereocenters. The van der Waals surface area contributed by atoms with E-state index < -0.39 is 11.7 Å². The van der Waals surface area contributed by atoms with Crippen molar-refractivity contribution in [3.63, 3.8) is 0 Å². The number of aromatic nitrogens is 1. The molecule has 1 heterocycles. The molecule has 1 N–H and O–H groups in total. The van der Waals surface area contributed by atoms with Crippen LogP contribution in [0.4, 0.5) is 9.93 Å². The summed E-state index contributed by atoms with van der Waals surface area (Å²) in [5, 5.41) is 3.09. The number of anilines is 1. The van der Waals surface area contributed by atoms with Crippen LogP contribution >= 0.6 is 11.3 Å². The average Bonchev–Trinajstić information content (AvgIpc) is 2.63. The predicted octanol–water partition coefficient (Wildman–Crippen LogP) is 2.61. The summed E-state index contributed by atoms with van der Waals surface area (Å²) in [6.07, 6.45) is 1.87. The zero-order valence-corrected chi connectivity index (χ0v) is 11.8. The van der Waals surface area contributed by atoms with Crippen molar-refractivity contribution in [3.05, 3.63) is 11.1 Å². The van der Waals surface area contributed by atoms with Crippen LogP contribution in [0.3, 0.4) is 0 Å². The van der Waals surface area contributed by atoms with Crippen LogP contribution in [0.2, 0.25) is 0 Å². The van der Waals surface area contributed by atoms with Crippen LogP contribution in [0, 0.1) is 0 Å². The van der Waals surface area contributed by atoms with Gasteiger partial charge in [-0.25, -0.2) is 19.6 Å². The lowest BCUT2D eigenvalue weighted by Crippen LogP contribution is -2.27. The lowest BCUT2D eigenvalue weighted by Gasteiger charge is -2.18. The van der Waals surface area contributed by atoms with Crippen molar-refractivity contribution in [1.29, 1.82) is 0 Å². The summed E-state index contributed by atoms with van der Waals surface area (Å²) < 4.78 is 5.12. The Bertz CT molecular complexity index is 387. The van der Waals surface area contributed by atoms with Gasteiger partial charge in [0.15, 0.2) is 5.13 Å². The molecule has 0 bridgehead atoms. The van der Waals surface area contributed by atoms with Crippen molar-refractivity contribution in [2.75, 3.05) is 19.0 Å². The summed E-state index contributed by atoms with van der Waals surface area (Å²) in [7, 11) is 1.46. The number of amides is 1. The minimum absolute atomic E-state index is 0.449. The van der Waals surface area contributed by atoms with Crippen LogP contribution in [0.1, 0.15) is 25.6 Å². The Morgan fingerprint density at radius 2 is 2.22 bits per heavy atom. The fourth-order valence-electron chi connectivity index (χ4n) is 1.10. The van der Waals surface area contributed by atoms with Gasteiger partial charge in [0, 0.05) is 17.5 Å². The lowest BCUT2D eigenvalue weighted by atomic mass is 10.2. The Morgan fingerprint density at radius 3 is 2.83 bits per heavy atom. The second-order valence-corrected chi connectivity index (χ2v) is 5.61. The van der Waals surface area contributed by atoms with Crippen LogP contribution in [-0.2, 0) is 20.9 Å². The fraction of sp³-hybridized carbons (Fsp3) is 0.636. The number of ether oxygens (including phenoxy) is 1. The molecule has 0 spiro atoms. The van der Waals surface area contributed by atoms with Gasteiger partial charge in [-0.2, -0.15) is 0 Å². The molecule has 102 valence electrons. The highest BCUT2D eigenvalue weighted by atomic mass is 32.1. The van der Waals surface area contributed by atoms with Crippen LogP contribution < -0.4 is 5.32 Å². The molecular formula is C11H18N2O4S.